The van der Waals surface area contributed by atoms with Crippen molar-refractivity contribution in [2.75, 3.05) is 9.80 Å². The van der Waals surface area contributed by atoms with Gasteiger partial charge in [-0.2, -0.15) is 0 Å². The predicted octanol–water partition coefficient (Wildman–Crippen LogP) is 7.48. The average molecular weight is 610 g/mol. The highest BCUT2D eigenvalue weighted by atomic mass is 16.2. The van der Waals surface area contributed by atoms with Crippen LogP contribution in [0.2, 0.25) is 23.3 Å². The maximum absolute atomic E-state index is 13.9. The van der Waals surface area contributed by atoms with Crippen LogP contribution < -0.4 is 20.7 Å². The van der Waals surface area contributed by atoms with E-state index in [1.54, 1.807) is 24.3 Å². The molecule has 0 N–H and O–H groups in total. The van der Waals surface area contributed by atoms with Crippen LogP contribution in [0.5, 0.6) is 0 Å². The molecule has 8 heteroatoms. The van der Waals surface area contributed by atoms with Gasteiger partial charge < -0.3 is 0 Å². The zero-order chi connectivity index (χ0) is 33.2. The maximum atomic E-state index is 13.9. The van der Waals surface area contributed by atoms with Gasteiger partial charge in [-0.3, -0.25) is 19.2 Å². The fourth-order valence-corrected chi connectivity index (χ4v) is 8.11. The largest absolute Gasteiger partial charge is 0.268 e. The molecule has 0 saturated carbocycles. The van der Waals surface area contributed by atoms with Gasteiger partial charge >= 0.3 is 0 Å². The number of carbonyl (C=O) groups excluding carboxylic acids is 4. The SMILES string of the molecule is CC(C)B(c1ccc(N2C(=O)c3ccc4c5c(ccc(c35)C2=O)C(=O)N(c2ccc(B(C(C)C)C(C)C)cc2)C4=O)cc1)C(C)C. The summed E-state index contributed by atoms with van der Waals surface area (Å²) in [6.07, 6.45) is 0. The van der Waals surface area contributed by atoms with Gasteiger partial charge in [0.25, 0.3) is 23.6 Å². The van der Waals surface area contributed by atoms with Crippen LogP contribution in [-0.4, -0.2) is 37.1 Å². The second-order valence-electron chi connectivity index (χ2n) is 14.2. The van der Waals surface area contributed by atoms with Crippen LogP contribution in [0.25, 0.3) is 10.8 Å². The second-order valence-corrected chi connectivity index (χ2v) is 14.2. The quantitative estimate of drug-likeness (QED) is 0.153. The Hall–Kier alpha value is -4.45. The summed E-state index contributed by atoms with van der Waals surface area (Å²) in [6, 6.07) is 21.8. The molecule has 232 valence electrons. The molecular weight excluding hydrogens is 570 g/mol. The number of amides is 4. The van der Waals surface area contributed by atoms with E-state index in [1.807, 2.05) is 48.5 Å². The van der Waals surface area contributed by atoms with Gasteiger partial charge in [-0.05, 0) is 48.5 Å². The van der Waals surface area contributed by atoms with Crippen LogP contribution >= 0.6 is 0 Å². The van der Waals surface area contributed by atoms with E-state index in [0.717, 1.165) is 0 Å². The van der Waals surface area contributed by atoms with Crippen molar-refractivity contribution in [1.82, 2.24) is 0 Å². The molecule has 0 spiro atoms. The molecule has 6 nitrogen and oxygen atoms in total. The van der Waals surface area contributed by atoms with Gasteiger partial charge in [0, 0.05) is 33.0 Å². The first-order valence-corrected chi connectivity index (χ1v) is 16.4. The molecule has 0 saturated heterocycles. The summed E-state index contributed by atoms with van der Waals surface area (Å²) in [5, 5.41) is 0.733. The Morgan fingerprint density at radius 3 is 0.848 bits per heavy atom. The van der Waals surface area contributed by atoms with Crippen molar-refractivity contribution in [3.8, 4) is 0 Å². The van der Waals surface area contributed by atoms with E-state index >= 15 is 0 Å². The Kier molecular flexibility index (Phi) is 8.04. The molecule has 4 aromatic carbocycles. The molecule has 2 aliphatic heterocycles. The monoisotopic (exact) mass is 610 g/mol. The Labute approximate surface area is 272 Å². The van der Waals surface area contributed by atoms with Gasteiger partial charge in [0.05, 0.1) is 11.4 Å². The van der Waals surface area contributed by atoms with E-state index < -0.39 is 23.6 Å². The number of hydrogen-bond donors (Lipinski definition) is 0. The molecule has 2 aliphatic rings. The fraction of sp³-hybridized carbons (Fsp3) is 0.316. The lowest BCUT2D eigenvalue weighted by molar-refractivity contribution is 0.0873. The number of imide groups is 2. The summed E-state index contributed by atoms with van der Waals surface area (Å²) in [7, 11) is 0. The van der Waals surface area contributed by atoms with E-state index in [-0.39, 0.29) is 0 Å². The van der Waals surface area contributed by atoms with E-state index in [2.05, 4.69) is 55.4 Å². The molecule has 0 atom stereocenters. The molecule has 46 heavy (non-hydrogen) atoms. The minimum absolute atomic E-state index is 0.299. The van der Waals surface area contributed by atoms with Crippen molar-refractivity contribution >= 4 is 70.1 Å². The van der Waals surface area contributed by atoms with Crippen LogP contribution in [0, 0.1) is 0 Å². The molecule has 0 fully saturated rings. The molecule has 0 aliphatic carbocycles. The number of nitrogens with zero attached hydrogens (tertiary/aromatic N) is 2. The molecule has 0 bridgehead atoms. The lowest BCUT2D eigenvalue weighted by Crippen LogP contribution is -2.44. The van der Waals surface area contributed by atoms with Gasteiger partial charge in [-0.15, -0.1) is 0 Å². The van der Waals surface area contributed by atoms with Crippen molar-refractivity contribution in [2.24, 2.45) is 0 Å². The minimum atomic E-state index is -0.471. The molecule has 0 radical (unpaired) electrons. The molecular formula is C38H40B2N2O4. The van der Waals surface area contributed by atoms with Gasteiger partial charge in [0.1, 0.15) is 0 Å². The first kappa shape index (κ1) is 31.5. The van der Waals surface area contributed by atoms with Crippen molar-refractivity contribution < 1.29 is 19.2 Å². The Bertz CT molecular complexity index is 1670. The molecule has 2 heterocycles. The van der Waals surface area contributed by atoms with Gasteiger partial charge in [-0.1, -0.05) is 114 Å². The molecule has 4 amide bonds. The lowest BCUT2D eigenvalue weighted by Gasteiger charge is -2.32. The number of benzene rings is 4. The minimum Gasteiger partial charge on any atom is -0.268 e. The topological polar surface area (TPSA) is 74.8 Å². The summed E-state index contributed by atoms with van der Waals surface area (Å²) >= 11 is 0. The van der Waals surface area contributed by atoms with Crippen LogP contribution in [0.3, 0.4) is 0 Å². The molecule has 6 rings (SSSR count). The van der Waals surface area contributed by atoms with E-state index in [4.69, 9.17) is 0 Å². The number of hydrogen-bond acceptors (Lipinski definition) is 4. The second kappa shape index (κ2) is 11.7. The van der Waals surface area contributed by atoms with Crippen molar-refractivity contribution in [2.45, 2.75) is 78.7 Å². The summed E-state index contributed by atoms with van der Waals surface area (Å²) in [4.78, 5) is 58.1. The third kappa shape index (κ3) is 4.90. The maximum Gasteiger partial charge on any atom is 0.265 e. The van der Waals surface area contributed by atoms with Gasteiger partial charge in [-0.25, -0.2) is 9.80 Å². The zero-order valence-corrected chi connectivity index (χ0v) is 27.9. The fourth-order valence-electron chi connectivity index (χ4n) is 8.11. The third-order valence-corrected chi connectivity index (χ3v) is 9.84. The highest BCUT2D eigenvalue weighted by Crippen LogP contribution is 2.40. The van der Waals surface area contributed by atoms with E-state index in [1.165, 1.54) is 20.7 Å². The van der Waals surface area contributed by atoms with E-state index in [9.17, 15) is 19.2 Å². The highest BCUT2D eigenvalue weighted by Gasteiger charge is 2.41. The normalized spacial score (nSPS) is 14.5. The first-order chi connectivity index (χ1) is 21.8. The van der Waals surface area contributed by atoms with Crippen LogP contribution in [0.4, 0.5) is 11.4 Å². The molecule has 0 unspecified atom stereocenters. The predicted molar refractivity (Wildman–Crippen MR) is 190 cm³/mol. The first-order valence-electron chi connectivity index (χ1n) is 16.4. The summed E-state index contributed by atoms with van der Waals surface area (Å²) in [6.45, 7) is 18.3. The summed E-state index contributed by atoms with van der Waals surface area (Å²) in [5.41, 5.74) is 4.51. The Morgan fingerprint density at radius 1 is 0.391 bits per heavy atom. The third-order valence-electron chi connectivity index (χ3n) is 9.84. The van der Waals surface area contributed by atoms with Crippen LogP contribution in [-0.2, 0) is 0 Å². The number of rotatable bonds is 8. The summed E-state index contributed by atoms with van der Waals surface area (Å²) in [5.74, 6) is -0.114. The van der Waals surface area contributed by atoms with Gasteiger partial charge in [0.15, 0.2) is 13.4 Å². The van der Waals surface area contributed by atoms with E-state index in [0.29, 0.717) is 81.1 Å². The number of carbonyl (C=O) groups is 4. The lowest BCUT2D eigenvalue weighted by atomic mass is 9.32. The van der Waals surface area contributed by atoms with Crippen molar-refractivity contribution in [1.29, 1.82) is 0 Å². The average Bonchev–Trinajstić information content (AvgIpc) is 3.00. The van der Waals surface area contributed by atoms with Gasteiger partial charge in [0.2, 0.25) is 0 Å². The highest BCUT2D eigenvalue weighted by molar-refractivity contribution is 6.76. The van der Waals surface area contributed by atoms with Crippen LogP contribution in [0.1, 0.15) is 96.8 Å². The molecule has 4 aromatic rings. The smallest absolute Gasteiger partial charge is 0.265 e. The Balaban J connectivity index is 1.37. The van der Waals surface area contributed by atoms with Crippen LogP contribution in [0.15, 0.2) is 72.8 Å². The summed E-state index contributed by atoms with van der Waals surface area (Å²) < 4.78 is 0. The Morgan fingerprint density at radius 2 is 0.630 bits per heavy atom. The zero-order valence-electron chi connectivity index (χ0n) is 27.9. The van der Waals surface area contributed by atoms with Crippen molar-refractivity contribution in [3.05, 3.63) is 95.1 Å². The number of anilines is 2. The standard InChI is InChI=1S/C38H40B2N2O4/c1-21(2)39(22(3)4)25-9-13-27(14-10-25)41-35(43)29-17-19-31-34-32(20-18-30(33(29)34)36(41)44)38(46)42(37(31)45)28-15-11-26(12-16-28)40(23(5)6)24(7)8/h9-24H,1-8H3. The van der Waals surface area contributed by atoms with Crippen molar-refractivity contribution in [3.63, 3.8) is 0 Å². The molecule has 0 aromatic heterocycles.